The molecule has 3 nitrogen and oxygen atoms in total. The topological polar surface area (TPSA) is 40.7 Å². The van der Waals surface area contributed by atoms with E-state index < -0.39 is 17.5 Å². The van der Waals surface area contributed by atoms with Crippen molar-refractivity contribution in [1.82, 2.24) is 10.2 Å². The van der Waals surface area contributed by atoms with Crippen LogP contribution in [0.2, 0.25) is 0 Å². The average molecular weight is 241 g/mol. The molecule has 2 aromatic rings. The van der Waals surface area contributed by atoms with Gasteiger partial charge >= 0.3 is 0 Å². The summed E-state index contributed by atoms with van der Waals surface area (Å²) in [6.45, 7) is 2.09. The van der Waals surface area contributed by atoms with Gasteiger partial charge in [0.1, 0.15) is 5.82 Å². The van der Waals surface area contributed by atoms with Crippen LogP contribution in [0.1, 0.15) is 11.3 Å². The first-order valence-corrected chi connectivity index (χ1v) is 4.95. The highest BCUT2D eigenvalue weighted by Crippen LogP contribution is 2.19. The number of benzene rings is 1. The molecule has 0 amide bonds. The highest BCUT2D eigenvalue weighted by atomic mass is 19.2. The number of H-pyrrole nitrogens is 1. The normalized spacial score (nSPS) is 10.6. The molecule has 0 fully saturated rings. The summed E-state index contributed by atoms with van der Waals surface area (Å²) in [5.74, 6) is -3.12. The zero-order valence-corrected chi connectivity index (χ0v) is 9.02. The first-order chi connectivity index (χ1) is 8.08. The van der Waals surface area contributed by atoms with Gasteiger partial charge in [0.05, 0.1) is 11.9 Å². The second-order valence-corrected chi connectivity index (χ2v) is 3.62. The molecular formula is C11H10F3N3. The van der Waals surface area contributed by atoms with Crippen LogP contribution in [0.3, 0.4) is 0 Å². The van der Waals surface area contributed by atoms with Gasteiger partial charge in [-0.05, 0) is 6.92 Å². The van der Waals surface area contributed by atoms with Crippen molar-refractivity contribution in [2.45, 2.75) is 13.5 Å². The molecule has 0 spiro atoms. The van der Waals surface area contributed by atoms with Gasteiger partial charge in [-0.1, -0.05) is 0 Å². The Morgan fingerprint density at radius 2 is 1.88 bits per heavy atom. The second kappa shape index (κ2) is 4.48. The van der Waals surface area contributed by atoms with Gasteiger partial charge in [-0.2, -0.15) is 5.10 Å². The third-order valence-corrected chi connectivity index (χ3v) is 2.41. The maximum absolute atomic E-state index is 13.3. The predicted octanol–water partition coefficient (Wildman–Crippen LogP) is 2.75. The summed E-state index contributed by atoms with van der Waals surface area (Å²) in [6, 6.07) is 1.31. The van der Waals surface area contributed by atoms with Gasteiger partial charge in [0.25, 0.3) is 0 Å². The number of aromatic nitrogens is 2. The molecule has 0 saturated carbocycles. The molecule has 0 aliphatic carbocycles. The average Bonchev–Trinajstić information content (AvgIpc) is 2.68. The number of nitrogens with zero attached hydrogens (tertiary/aromatic N) is 1. The molecule has 1 aromatic carbocycles. The number of hydrogen-bond acceptors (Lipinski definition) is 2. The number of hydrogen-bond donors (Lipinski definition) is 2. The van der Waals surface area contributed by atoms with E-state index in [0.29, 0.717) is 6.07 Å². The van der Waals surface area contributed by atoms with Gasteiger partial charge < -0.3 is 5.32 Å². The lowest BCUT2D eigenvalue weighted by atomic mass is 10.2. The van der Waals surface area contributed by atoms with Crippen LogP contribution >= 0.6 is 0 Å². The van der Waals surface area contributed by atoms with E-state index in [0.717, 1.165) is 17.3 Å². The molecule has 0 radical (unpaired) electrons. The Balaban J connectivity index is 2.14. The lowest BCUT2D eigenvalue weighted by Gasteiger charge is -2.07. The van der Waals surface area contributed by atoms with E-state index in [1.165, 1.54) is 0 Å². The van der Waals surface area contributed by atoms with Crippen molar-refractivity contribution in [3.05, 3.63) is 47.0 Å². The van der Waals surface area contributed by atoms with Crippen LogP contribution in [0, 0.1) is 24.4 Å². The van der Waals surface area contributed by atoms with Crippen LogP contribution in [0.15, 0.2) is 18.3 Å². The standard InChI is InChI=1S/C11H10F3N3/c1-6-7(5-16-17-6)4-15-11-3-9(13)8(12)2-10(11)14/h2-3,5,15H,4H2,1H3,(H,16,17). The fraction of sp³-hybridized carbons (Fsp3) is 0.182. The Morgan fingerprint density at radius 1 is 1.18 bits per heavy atom. The van der Waals surface area contributed by atoms with Crippen LogP contribution in [0.4, 0.5) is 18.9 Å². The number of anilines is 1. The lowest BCUT2D eigenvalue weighted by Crippen LogP contribution is -2.03. The smallest absolute Gasteiger partial charge is 0.161 e. The predicted molar refractivity (Wildman–Crippen MR) is 57.0 cm³/mol. The van der Waals surface area contributed by atoms with Gasteiger partial charge in [0, 0.05) is 29.9 Å². The summed E-state index contributed by atoms with van der Waals surface area (Å²) in [6.07, 6.45) is 1.58. The molecule has 0 aliphatic rings. The van der Waals surface area contributed by atoms with E-state index in [1.807, 2.05) is 6.92 Å². The Bertz CT molecular complexity index is 537. The Labute approximate surface area is 95.7 Å². The molecule has 1 heterocycles. The quantitative estimate of drug-likeness (QED) is 0.811. The van der Waals surface area contributed by atoms with Crippen molar-refractivity contribution < 1.29 is 13.2 Å². The molecular weight excluding hydrogens is 231 g/mol. The minimum Gasteiger partial charge on any atom is -0.378 e. The molecule has 17 heavy (non-hydrogen) atoms. The van der Waals surface area contributed by atoms with E-state index in [2.05, 4.69) is 15.5 Å². The highest BCUT2D eigenvalue weighted by molar-refractivity contribution is 5.45. The van der Waals surface area contributed by atoms with E-state index in [9.17, 15) is 13.2 Å². The van der Waals surface area contributed by atoms with E-state index in [1.54, 1.807) is 6.20 Å². The summed E-state index contributed by atoms with van der Waals surface area (Å²) in [5.41, 5.74) is 1.58. The largest absolute Gasteiger partial charge is 0.378 e. The summed E-state index contributed by atoms with van der Waals surface area (Å²) >= 11 is 0. The fourth-order valence-corrected chi connectivity index (χ4v) is 1.40. The third-order valence-electron chi connectivity index (χ3n) is 2.41. The summed E-state index contributed by atoms with van der Waals surface area (Å²) in [7, 11) is 0. The van der Waals surface area contributed by atoms with Gasteiger partial charge in [-0.3, -0.25) is 5.10 Å². The third kappa shape index (κ3) is 2.41. The molecule has 0 aliphatic heterocycles. The second-order valence-electron chi connectivity index (χ2n) is 3.62. The van der Waals surface area contributed by atoms with Crippen molar-refractivity contribution >= 4 is 5.69 Å². The van der Waals surface area contributed by atoms with Crippen molar-refractivity contribution in [2.75, 3.05) is 5.32 Å². The van der Waals surface area contributed by atoms with Gasteiger partial charge in [-0.15, -0.1) is 0 Å². The summed E-state index contributed by atoms with van der Waals surface area (Å²) < 4.78 is 38.9. The minimum atomic E-state index is -1.20. The van der Waals surface area contributed by atoms with Crippen LogP contribution in [0.25, 0.3) is 0 Å². The lowest BCUT2D eigenvalue weighted by molar-refractivity contribution is 0.496. The number of aromatic amines is 1. The van der Waals surface area contributed by atoms with E-state index in [-0.39, 0.29) is 12.2 Å². The van der Waals surface area contributed by atoms with Gasteiger partial charge in [0.2, 0.25) is 0 Å². The van der Waals surface area contributed by atoms with Crippen LogP contribution in [0.5, 0.6) is 0 Å². The SMILES string of the molecule is Cc1[nH]ncc1CNc1cc(F)c(F)cc1F. The highest BCUT2D eigenvalue weighted by Gasteiger charge is 2.10. The van der Waals surface area contributed by atoms with Gasteiger partial charge in [-0.25, -0.2) is 13.2 Å². The number of aryl methyl sites for hydroxylation is 1. The monoisotopic (exact) mass is 241 g/mol. The van der Waals surface area contributed by atoms with Crippen LogP contribution < -0.4 is 5.32 Å². The fourth-order valence-electron chi connectivity index (χ4n) is 1.40. The Kier molecular flexibility index (Phi) is 3.03. The van der Waals surface area contributed by atoms with Gasteiger partial charge in [0.15, 0.2) is 11.6 Å². The van der Waals surface area contributed by atoms with E-state index in [4.69, 9.17) is 0 Å². The first kappa shape index (κ1) is 11.5. The molecule has 0 atom stereocenters. The number of halogens is 3. The van der Waals surface area contributed by atoms with Crippen molar-refractivity contribution in [3.8, 4) is 0 Å². The number of nitrogens with one attached hydrogen (secondary N) is 2. The maximum Gasteiger partial charge on any atom is 0.161 e. The Hall–Kier alpha value is -1.98. The van der Waals surface area contributed by atoms with E-state index >= 15 is 0 Å². The van der Waals surface area contributed by atoms with Crippen molar-refractivity contribution in [1.29, 1.82) is 0 Å². The van der Waals surface area contributed by atoms with Crippen LogP contribution in [-0.4, -0.2) is 10.2 Å². The molecule has 0 unspecified atom stereocenters. The molecule has 2 N–H and O–H groups in total. The van der Waals surface area contributed by atoms with Crippen molar-refractivity contribution in [2.24, 2.45) is 0 Å². The molecule has 0 saturated heterocycles. The maximum atomic E-state index is 13.3. The van der Waals surface area contributed by atoms with Crippen LogP contribution in [-0.2, 0) is 6.54 Å². The zero-order valence-electron chi connectivity index (χ0n) is 9.02. The summed E-state index contributed by atoms with van der Waals surface area (Å²) in [5, 5.41) is 9.20. The molecule has 0 bridgehead atoms. The zero-order chi connectivity index (χ0) is 12.4. The molecule has 2 rings (SSSR count). The number of rotatable bonds is 3. The first-order valence-electron chi connectivity index (χ1n) is 4.95. The van der Waals surface area contributed by atoms with Crippen molar-refractivity contribution in [3.63, 3.8) is 0 Å². The molecule has 90 valence electrons. The molecule has 1 aromatic heterocycles. The minimum absolute atomic E-state index is 0.0792. The summed E-state index contributed by atoms with van der Waals surface area (Å²) in [4.78, 5) is 0. The molecule has 6 heteroatoms. The Morgan fingerprint density at radius 3 is 2.53 bits per heavy atom.